The Hall–Kier alpha value is -2.28. The molecule has 1 fully saturated rings. The van der Waals surface area contributed by atoms with Crippen molar-refractivity contribution >= 4 is 34.4 Å². The molecule has 1 saturated heterocycles. The second kappa shape index (κ2) is 4.63. The Morgan fingerprint density at radius 2 is 1.76 bits per heavy atom. The molecule has 21 heavy (non-hydrogen) atoms. The zero-order valence-corrected chi connectivity index (χ0v) is 12.2. The monoisotopic (exact) mass is 304 g/mol. The lowest BCUT2D eigenvalue weighted by atomic mass is 10.1. The number of hydrogen-bond donors (Lipinski definition) is 2. The average Bonchev–Trinajstić information content (AvgIpc) is 2.36. The van der Waals surface area contributed by atoms with E-state index < -0.39 is 17.7 Å². The summed E-state index contributed by atoms with van der Waals surface area (Å²) < 4.78 is 10.1. The largest absolute Gasteiger partial charge is 0.419 e. The molecule has 3 rings (SSSR count). The van der Waals surface area contributed by atoms with E-state index in [4.69, 9.17) is 14.9 Å². The SMILES string of the molecule is CC1(C)OC(=O)C(=C2Nc3ccccc3C(=N)S2)C(=O)O1. The molecule has 6 nitrogen and oxygen atoms in total. The van der Waals surface area contributed by atoms with E-state index in [2.05, 4.69) is 5.32 Å². The summed E-state index contributed by atoms with van der Waals surface area (Å²) in [5.74, 6) is -2.78. The highest BCUT2D eigenvalue weighted by atomic mass is 32.2. The van der Waals surface area contributed by atoms with Crippen molar-refractivity contribution in [3.63, 3.8) is 0 Å². The van der Waals surface area contributed by atoms with Gasteiger partial charge in [-0.3, -0.25) is 5.41 Å². The minimum Gasteiger partial charge on any atom is -0.419 e. The van der Waals surface area contributed by atoms with Gasteiger partial charge in [0.2, 0.25) is 0 Å². The lowest BCUT2D eigenvalue weighted by molar-refractivity contribution is -0.222. The van der Waals surface area contributed by atoms with Crippen LogP contribution in [0.2, 0.25) is 0 Å². The minimum absolute atomic E-state index is 0.210. The first-order valence-electron chi connectivity index (χ1n) is 6.21. The number of thioether (sulfide) groups is 1. The number of hydrogen-bond acceptors (Lipinski definition) is 7. The normalized spacial score (nSPS) is 20.4. The Labute approximate surface area is 125 Å². The number of carbonyl (C=O) groups is 2. The molecule has 0 atom stereocenters. The van der Waals surface area contributed by atoms with Crippen molar-refractivity contribution in [3.05, 3.63) is 40.4 Å². The first-order chi connectivity index (χ1) is 9.87. The summed E-state index contributed by atoms with van der Waals surface area (Å²) in [4.78, 5) is 24.1. The standard InChI is InChI=1S/C14H12N2O4S/c1-14(2)19-12(17)9(13(18)20-14)11-16-8-6-4-3-5-7(8)10(15)21-11/h3-6,15-16H,1-2H3. The number of anilines is 1. The van der Waals surface area contributed by atoms with Crippen LogP contribution in [0.15, 0.2) is 34.9 Å². The van der Waals surface area contributed by atoms with Gasteiger partial charge in [-0.05, 0) is 6.07 Å². The number of rotatable bonds is 0. The second-order valence-electron chi connectivity index (χ2n) is 4.98. The van der Waals surface area contributed by atoms with Gasteiger partial charge in [-0.2, -0.15) is 0 Å². The number of cyclic esters (lactones) is 2. The lowest BCUT2D eigenvalue weighted by Crippen LogP contribution is -2.42. The van der Waals surface area contributed by atoms with E-state index in [-0.39, 0.29) is 15.6 Å². The average molecular weight is 304 g/mol. The summed E-state index contributed by atoms with van der Waals surface area (Å²) in [5.41, 5.74) is 1.16. The van der Waals surface area contributed by atoms with Crippen LogP contribution >= 0.6 is 11.8 Å². The number of carbonyl (C=O) groups excluding carboxylic acids is 2. The van der Waals surface area contributed by atoms with E-state index in [0.717, 1.165) is 11.8 Å². The maximum absolute atomic E-state index is 12.0. The molecule has 0 amide bonds. The van der Waals surface area contributed by atoms with Crippen LogP contribution in [0.5, 0.6) is 0 Å². The van der Waals surface area contributed by atoms with Gasteiger partial charge >= 0.3 is 11.9 Å². The summed E-state index contributed by atoms with van der Waals surface area (Å²) in [6.07, 6.45) is 0. The number of ether oxygens (including phenoxy) is 2. The maximum Gasteiger partial charge on any atom is 0.351 e. The summed E-state index contributed by atoms with van der Waals surface area (Å²) in [5, 5.41) is 11.5. The summed E-state index contributed by atoms with van der Waals surface area (Å²) in [6.45, 7) is 2.98. The van der Waals surface area contributed by atoms with Crippen molar-refractivity contribution in [2.75, 3.05) is 5.32 Å². The third-order valence-electron chi connectivity index (χ3n) is 2.94. The fraction of sp³-hybridized carbons (Fsp3) is 0.214. The van der Waals surface area contributed by atoms with E-state index in [1.54, 1.807) is 18.2 Å². The number of para-hydroxylation sites is 1. The minimum atomic E-state index is -1.27. The molecule has 7 heteroatoms. The van der Waals surface area contributed by atoms with Crippen LogP contribution in [0.3, 0.4) is 0 Å². The molecule has 0 saturated carbocycles. The van der Waals surface area contributed by atoms with Crippen molar-refractivity contribution in [3.8, 4) is 0 Å². The van der Waals surface area contributed by atoms with E-state index >= 15 is 0 Å². The number of nitrogens with one attached hydrogen (secondary N) is 2. The number of benzene rings is 1. The summed E-state index contributed by atoms with van der Waals surface area (Å²) in [7, 11) is 0. The fourth-order valence-electron chi connectivity index (χ4n) is 2.05. The van der Waals surface area contributed by atoms with Gasteiger partial charge in [0.15, 0.2) is 5.57 Å². The van der Waals surface area contributed by atoms with Crippen molar-refractivity contribution in [2.24, 2.45) is 0 Å². The molecule has 0 spiro atoms. The molecule has 2 aliphatic heterocycles. The van der Waals surface area contributed by atoms with Crippen molar-refractivity contribution < 1.29 is 19.1 Å². The quantitative estimate of drug-likeness (QED) is 0.434. The molecule has 0 unspecified atom stereocenters. The highest BCUT2D eigenvalue weighted by Gasteiger charge is 2.42. The van der Waals surface area contributed by atoms with Crippen LogP contribution in [-0.2, 0) is 19.1 Å². The highest BCUT2D eigenvalue weighted by Crippen LogP contribution is 2.37. The van der Waals surface area contributed by atoms with Gasteiger partial charge in [0, 0.05) is 25.1 Å². The molecule has 2 heterocycles. The Balaban J connectivity index is 2.03. The van der Waals surface area contributed by atoms with Crippen LogP contribution in [0.1, 0.15) is 19.4 Å². The van der Waals surface area contributed by atoms with Gasteiger partial charge in [0.1, 0.15) is 10.1 Å². The van der Waals surface area contributed by atoms with Gasteiger partial charge in [-0.15, -0.1) is 0 Å². The number of fused-ring (bicyclic) bond motifs is 1. The molecule has 2 aliphatic rings. The van der Waals surface area contributed by atoms with Crippen LogP contribution < -0.4 is 5.32 Å². The third-order valence-corrected chi connectivity index (χ3v) is 3.87. The third kappa shape index (κ3) is 2.40. The van der Waals surface area contributed by atoms with E-state index in [9.17, 15) is 9.59 Å². The second-order valence-corrected chi connectivity index (χ2v) is 6.01. The van der Waals surface area contributed by atoms with Crippen LogP contribution in [-0.4, -0.2) is 22.8 Å². The van der Waals surface area contributed by atoms with Gasteiger partial charge in [-0.25, -0.2) is 9.59 Å². The van der Waals surface area contributed by atoms with Crippen LogP contribution in [0.4, 0.5) is 5.69 Å². The molecule has 0 radical (unpaired) electrons. The smallest absolute Gasteiger partial charge is 0.351 e. The zero-order chi connectivity index (χ0) is 15.2. The summed E-state index contributed by atoms with van der Waals surface area (Å²) in [6, 6.07) is 7.19. The van der Waals surface area contributed by atoms with Gasteiger partial charge in [-0.1, -0.05) is 30.0 Å². The van der Waals surface area contributed by atoms with Crippen LogP contribution in [0, 0.1) is 5.41 Å². The Morgan fingerprint density at radius 3 is 2.43 bits per heavy atom. The first kappa shape index (κ1) is 13.7. The molecule has 108 valence electrons. The van der Waals surface area contributed by atoms with E-state index in [1.807, 2.05) is 6.07 Å². The Bertz CT molecular complexity index is 687. The molecule has 0 bridgehead atoms. The van der Waals surface area contributed by atoms with Crippen molar-refractivity contribution in [1.82, 2.24) is 0 Å². The maximum atomic E-state index is 12.0. The van der Waals surface area contributed by atoms with Crippen molar-refractivity contribution in [1.29, 1.82) is 5.41 Å². The molecular formula is C14H12N2O4S. The molecule has 1 aromatic carbocycles. The Kier molecular flexibility index (Phi) is 3.02. The molecule has 1 aromatic rings. The molecule has 0 aromatic heterocycles. The predicted molar refractivity (Wildman–Crippen MR) is 77.8 cm³/mol. The molecule has 0 aliphatic carbocycles. The van der Waals surface area contributed by atoms with Gasteiger partial charge < -0.3 is 14.8 Å². The zero-order valence-electron chi connectivity index (χ0n) is 11.4. The number of esters is 2. The van der Waals surface area contributed by atoms with Crippen LogP contribution in [0.25, 0.3) is 0 Å². The van der Waals surface area contributed by atoms with E-state index in [0.29, 0.717) is 11.3 Å². The summed E-state index contributed by atoms with van der Waals surface area (Å²) >= 11 is 0.993. The predicted octanol–water partition coefficient (Wildman–Crippen LogP) is 2.22. The molecule has 2 N–H and O–H groups in total. The van der Waals surface area contributed by atoms with Gasteiger partial charge in [0.05, 0.1) is 0 Å². The Morgan fingerprint density at radius 1 is 1.14 bits per heavy atom. The first-order valence-corrected chi connectivity index (χ1v) is 7.03. The lowest BCUT2D eigenvalue weighted by Gasteiger charge is -2.31. The topological polar surface area (TPSA) is 88.5 Å². The fourth-order valence-corrected chi connectivity index (χ4v) is 2.97. The van der Waals surface area contributed by atoms with Crippen molar-refractivity contribution in [2.45, 2.75) is 19.6 Å². The highest BCUT2D eigenvalue weighted by molar-refractivity contribution is 8.17. The molecular weight excluding hydrogens is 292 g/mol. The van der Waals surface area contributed by atoms with E-state index in [1.165, 1.54) is 13.8 Å². The van der Waals surface area contributed by atoms with Gasteiger partial charge in [0.25, 0.3) is 5.79 Å².